The molecule has 0 aliphatic carbocycles. The Morgan fingerprint density at radius 2 is 2.05 bits per heavy atom. The molecule has 0 amide bonds. The fourth-order valence-electron chi connectivity index (χ4n) is 1.55. The zero-order valence-electron chi connectivity index (χ0n) is 12.3. The first-order valence-corrected chi connectivity index (χ1v) is 7.47. The summed E-state index contributed by atoms with van der Waals surface area (Å²) in [5.41, 5.74) is 0.533. The van der Waals surface area contributed by atoms with E-state index in [0.717, 1.165) is 0 Å². The molecule has 1 aliphatic rings. The van der Waals surface area contributed by atoms with Crippen LogP contribution in [0, 0.1) is 0 Å². The number of carbonyl (C=O) groups is 2. The maximum atomic E-state index is 12.1. The van der Waals surface area contributed by atoms with Crippen molar-refractivity contribution < 1.29 is 23.3 Å². The molecule has 1 heterocycles. The van der Waals surface area contributed by atoms with Crippen molar-refractivity contribution in [1.29, 1.82) is 0 Å². The van der Waals surface area contributed by atoms with Crippen LogP contribution < -0.4 is 0 Å². The monoisotopic (exact) mass is 301 g/mol. The fraction of sp³-hybridized carbons (Fsp3) is 0.615. The number of hydrogen-bond acceptors (Lipinski definition) is 6. The quantitative estimate of drug-likeness (QED) is 0.731. The lowest BCUT2D eigenvalue weighted by Gasteiger charge is -2.27. The van der Waals surface area contributed by atoms with Gasteiger partial charge in [0, 0.05) is 11.1 Å². The van der Waals surface area contributed by atoms with E-state index < -0.39 is 33.6 Å². The summed E-state index contributed by atoms with van der Waals surface area (Å²) in [5, 5.41) is 1.49. The van der Waals surface area contributed by atoms with Crippen molar-refractivity contribution in [2.75, 3.05) is 6.61 Å². The van der Waals surface area contributed by atoms with E-state index in [-0.39, 0.29) is 12.3 Å². The highest BCUT2D eigenvalue weighted by Crippen LogP contribution is 2.24. The van der Waals surface area contributed by atoms with E-state index in [4.69, 9.17) is 9.47 Å². The molecule has 112 valence electrons. The van der Waals surface area contributed by atoms with Gasteiger partial charge in [-0.25, -0.2) is 14.6 Å². The molecule has 1 aliphatic heterocycles. The number of aliphatic imine (C=N–C) groups is 1. The van der Waals surface area contributed by atoms with Gasteiger partial charge in [0.25, 0.3) is 0 Å². The fourth-order valence-corrected chi connectivity index (χ4v) is 2.53. The standard InChI is InChI=1S/C13H19NO5S/c1-6-18-11(15)9(3)19-12(16)10-13(4,5)20(17)7-8(2)14-10/h7,9H,6H2,1-5H3. The second-order valence-corrected chi connectivity index (χ2v) is 6.68. The molecule has 0 fully saturated rings. The predicted octanol–water partition coefficient (Wildman–Crippen LogP) is 1.32. The molecule has 0 saturated heterocycles. The average Bonchev–Trinajstić information content (AvgIpc) is 2.34. The number of ether oxygens (including phenoxy) is 2. The number of hydrogen-bond donors (Lipinski definition) is 0. The van der Waals surface area contributed by atoms with Crippen LogP contribution in [-0.2, 0) is 29.9 Å². The minimum absolute atomic E-state index is 0.0481. The molecule has 0 aromatic rings. The molecule has 7 heteroatoms. The van der Waals surface area contributed by atoms with Crippen molar-refractivity contribution in [3.63, 3.8) is 0 Å². The summed E-state index contributed by atoms with van der Waals surface area (Å²) in [6.07, 6.45) is -1.03. The summed E-state index contributed by atoms with van der Waals surface area (Å²) in [5.74, 6) is -1.38. The minimum atomic E-state index is -1.37. The van der Waals surface area contributed by atoms with Crippen LogP contribution in [0.25, 0.3) is 0 Å². The Hall–Kier alpha value is -1.50. The average molecular weight is 301 g/mol. The van der Waals surface area contributed by atoms with Crippen LogP contribution in [0.5, 0.6) is 0 Å². The third kappa shape index (κ3) is 3.53. The molecule has 1 rings (SSSR count). The third-order valence-electron chi connectivity index (χ3n) is 2.73. The molecule has 0 spiro atoms. The zero-order chi connectivity index (χ0) is 15.5. The van der Waals surface area contributed by atoms with Crippen LogP contribution in [0.15, 0.2) is 16.1 Å². The van der Waals surface area contributed by atoms with Gasteiger partial charge in [0.15, 0.2) is 6.10 Å². The summed E-state index contributed by atoms with van der Waals surface area (Å²) in [6.45, 7) is 8.22. The van der Waals surface area contributed by atoms with E-state index in [2.05, 4.69) is 4.99 Å². The molecule has 2 unspecified atom stereocenters. The molecule has 6 nitrogen and oxygen atoms in total. The van der Waals surface area contributed by atoms with Crippen molar-refractivity contribution in [2.45, 2.75) is 45.5 Å². The Morgan fingerprint density at radius 3 is 2.60 bits per heavy atom. The number of nitrogens with zero attached hydrogens (tertiary/aromatic N) is 1. The van der Waals surface area contributed by atoms with Gasteiger partial charge in [0.2, 0.25) is 0 Å². The maximum Gasteiger partial charge on any atom is 0.355 e. The lowest BCUT2D eigenvalue weighted by Crippen LogP contribution is -2.45. The van der Waals surface area contributed by atoms with Gasteiger partial charge in [-0.2, -0.15) is 0 Å². The molecular weight excluding hydrogens is 282 g/mol. The Labute approximate surface area is 120 Å². The second kappa shape index (κ2) is 6.30. The highest BCUT2D eigenvalue weighted by Gasteiger charge is 2.40. The minimum Gasteiger partial charge on any atom is -0.463 e. The van der Waals surface area contributed by atoms with Crippen LogP contribution in [-0.4, -0.2) is 39.3 Å². The molecule has 0 bridgehead atoms. The van der Waals surface area contributed by atoms with Gasteiger partial charge in [-0.05, 0) is 34.6 Å². The Morgan fingerprint density at radius 1 is 1.45 bits per heavy atom. The number of esters is 2. The van der Waals surface area contributed by atoms with Crippen LogP contribution in [0.3, 0.4) is 0 Å². The summed E-state index contributed by atoms with van der Waals surface area (Å²) >= 11 is 0. The van der Waals surface area contributed by atoms with Crippen LogP contribution >= 0.6 is 0 Å². The Kier molecular flexibility index (Phi) is 5.21. The number of rotatable bonds is 4. The topological polar surface area (TPSA) is 82.0 Å². The summed E-state index contributed by atoms with van der Waals surface area (Å²) in [6, 6.07) is 0. The lowest BCUT2D eigenvalue weighted by atomic mass is 10.1. The van der Waals surface area contributed by atoms with E-state index in [1.165, 1.54) is 12.3 Å². The molecule has 20 heavy (non-hydrogen) atoms. The first kappa shape index (κ1) is 16.6. The SMILES string of the molecule is CCOC(=O)C(C)OC(=O)C1=NC(C)=CS(=O)C1(C)C. The third-order valence-corrected chi connectivity index (χ3v) is 4.49. The van der Waals surface area contributed by atoms with Crippen LogP contribution in [0.4, 0.5) is 0 Å². The van der Waals surface area contributed by atoms with Gasteiger partial charge in [0.05, 0.1) is 22.2 Å². The number of allylic oxidation sites excluding steroid dienone is 1. The Bertz CT molecular complexity index is 507. The lowest BCUT2D eigenvalue weighted by molar-refractivity contribution is -0.162. The molecule has 0 aromatic heterocycles. The Balaban J connectivity index is 2.89. The zero-order valence-corrected chi connectivity index (χ0v) is 13.1. The molecule has 0 N–H and O–H groups in total. The van der Waals surface area contributed by atoms with E-state index in [0.29, 0.717) is 5.70 Å². The van der Waals surface area contributed by atoms with E-state index in [1.807, 2.05) is 0 Å². The smallest absolute Gasteiger partial charge is 0.355 e. The van der Waals surface area contributed by atoms with Crippen molar-refractivity contribution in [3.8, 4) is 0 Å². The first-order valence-electron chi connectivity index (χ1n) is 6.26. The van der Waals surface area contributed by atoms with E-state index >= 15 is 0 Å². The normalized spacial score (nSPS) is 22.4. The summed E-state index contributed by atoms with van der Waals surface area (Å²) in [7, 11) is -1.37. The predicted molar refractivity (Wildman–Crippen MR) is 75.6 cm³/mol. The highest BCUT2D eigenvalue weighted by atomic mass is 32.2. The largest absolute Gasteiger partial charge is 0.463 e. The molecule has 2 atom stereocenters. The molecular formula is C13H19NO5S. The maximum absolute atomic E-state index is 12.1. The summed E-state index contributed by atoms with van der Waals surface area (Å²) < 4.78 is 20.9. The van der Waals surface area contributed by atoms with Crippen LogP contribution in [0.1, 0.15) is 34.6 Å². The van der Waals surface area contributed by atoms with Gasteiger partial charge < -0.3 is 9.47 Å². The van der Waals surface area contributed by atoms with E-state index in [1.54, 1.807) is 27.7 Å². The second-order valence-electron chi connectivity index (χ2n) is 4.83. The van der Waals surface area contributed by atoms with E-state index in [9.17, 15) is 13.8 Å². The van der Waals surface area contributed by atoms with Gasteiger partial charge >= 0.3 is 11.9 Å². The molecule has 0 aromatic carbocycles. The van der Waals surface area contributed by atoms with Gasteiger partial charge in [-0.15, -0.1) is 0 Å². The molecule has 0 saturated carbocycles. The van der Waals surface area contributed by atoms with Crippen molar-refractivity contribution in [3.05, 3.63) is 11.1 Å². The molecule has 0 radical (unpaired) electrons. The highest BCUT2D eigenvalue weighted by molar-refractivity contribution is 7.90. The van der Waals surface area contributed by atoms with Gasteiger partial charge in [-0.3, -0.25) is 4.21 Å². The summed E-state index contributed by atoms with van der Waals surface area (Å²) in [4.78, 5) is 27.6. The number of carbonyl (C=O) groups excluding carboxylic acids is 2. The van der Waals surface area contributed by atoms with Crippen molar-refractivity contribution >= 4 is 28.4 Å². The first-order chi connectivity index (χ1) is 9.20. The van der Waals surface area contributed by atoms with Crippen molar-refractivity contribution in [1.82, 2.24) is 0 Å². The van der Waals surface area contributed by atoms with Crippen molar-refractivity contribution in [2.24, 2.45) is 4.99 Å². The van der Waals surface area contributed by atoms with Gasteiger partial charge in [0.1, 0.15) is 5.71 Å². The van der Waals surface area contributed by atoms with Gasteiger partial charge in [-0.1, -0.05) is 0 Å². The van der Waals surface area contributed by atoms with Crippen LogP contribution in [0.2, 0.25) is 0 Å².